The highest BCUT2D eigenvalue weighted by Gasteiger charge is 2.25. The lowest BCUT2D eigenvalue weighted by atomic mass is 10.3. The number of fused-ring (bicyclic) bond motifs is 1. The monoisotopic (exact) mass is 236 g/mol. The summed E-state index contributed by atoms with van der Waals surface area (Å²) < 4.78 is 3.43. The molecule has 2 nitrogen and oxygen atoms in total. The van der Waals surface area contributed by atoms with Crippen molar-refractivity contribution in [2.45, 2.75) is 18.9 Å². The van der Waals surface area contributed by atoms with E-state index in [4.69, 9.17) is 0 Å². The van der Waals surface area contributed by atoms with Crippen molar-refractivity contribution in [3.63, 3.8) is 0 Å². The summed E-state index contributed by atoms with van der Waals surface area (Å²) in [6, 6.07) is 4.78. The van der Waals surface area contributed by atoms with E-state index < -0.39 is 0 Å². The molecule has 1 aliphatic carbocycles. The Kier molecular flexibility index (Phi) is 1.50. The predicted octanol–water partition coefficient (Wildman–Crippen LogP) is 3.13. The van der Waals surface area contributed by atoms with Gasteiger partial charge in [-0.05, 0) is 40.9 Å². The first-order valence-electron chi connectivity index (χ1n) is 4.47. The molecule has 0 N–H and O–H groups in total. The van der Waals surface area contributed by atoms with Crippen molar-refractivity contribution < 1.29 is 0 Å². The standard InChI is InChI=1S/C10H9BrN2/c11-9-6-13(7-3-4-7)10-8(9)2-1-5-12-10/h1-2,5-7H,3-4H2. The fraction of sp³-hybridized carbons (Fsp3) is 0.300. The summed E-state index contributed by atoms with van der Waals surface area (Å²) in [5.41, 5.74) is 1.11. The minimum Gasteiger partial charge on any atom is -0.328 e. The van der Waals surface area contributed by atoms with Gasteiger partial charge in [-0.15, -0.1) is 0 Å². The number of nitrogens with zero attached hydrogens (tertiary/aromatic N) is 2. The maximum Gasteiger partial charge on any atom is 0.141 e. The van der Waals surface area contributed by atoms with Crippen LogP contribution in [0.1, 0.15) is 18.9 Å². The second kappa shape index (κ2) is 2.58. The average molecular weight is 237 g/mol. The van der Waals surface area contributed by atoms with E-state index in [0.29, 0.717) is 6.04 Å². The maximum atomic E-state index is 4.40. The van der Waals surface area contributed by atoms with Gasteiger partial charge in [0.05, 0.1) is 0 Å². The molecule has 3 rings (SSSR count). The summed E-state index contributed by atoms with van der Waals surface area (Å²) in [4.78, 5) is 4.40. The largest absolute Gasteiger partial charge is 0.328 e. The summed E-state index contributed by atoms with van der Waals surface area (Å²) in [6.45, 7) is 0. The van der Waals surface area contributed by atoms with E-state index in [1.165, 1.54) is 18.2 Å². The molecule has 0 bridgehead atoms. The van der Waals surface area contributed by atoms with E-state index >= 15 is 0 Å². The quantitative estimate of drug-likeness (QED) is 0.744. The molecule has 0 saturated heterocycles. The third kappa shape index (κ3) is 1.10. The molecule has 0 aromatic carbocycles. The molecular formula is C10H9BrN2. The molecule has 0 radical (unpaired) electrons. The first-order valence-corrected chi connectivity index (χ1v) is 5.26. The van der Waals surface area contributed by atoms with Crippen molar-refractivity contribution in [1.82, 2.24) is 9.55 Å². The van der Waals surface area contributed by atoms with Crippen molar-refractivity contribution >= 4 is 27.0 Å². The Labute approximate surface area is 84.7 Å². The van der Waals surface area contributed by atoms with Gasteiger partial charge >= 0.3 is 0 Å². The van der Waals surface area contributed by atoms with Crippen LogP contribution >= 0.6 is 15.9 Å². The first kappa shape index (κ1) is 7.56. The first-order chi connectivity index (χ1) is 6.36. The van der Waals surface area contributed by atoms with E-state index in [-0.39, 0.29) is 0 Å². The van der Waals surface area contributed by atoms with Gasteiger partial charge in [-0.25, -0.2) is 4.98 Å². The van der Waals surface area contributed by atoms with Crippen molar-refractivity contribution in [3.05, 3.63) is 29.0 Å². The Morgan fingerprint density at radius 2 is 2.31 bits per heavy atom. The van der Waals surface area contributed by atoms with Crippen LogP contribution in [0.3, 0.4) is 0 Å². The number of hydrogen-bond donors (Lipinski definition) is 0. The fourth-order valence-corrected chi connectivity index (χ4v) is 2.20. The lowest BCUT2D eigenvalue weighted by molar-refractivity contribution is 0.765. The molecular weight excluding hydrogens is 228 g/mol. The second-order valence-electron chi connectivity index (χ2n) is 3.49. The van der Waals surface area contributed by atoms with Crippen LogP contribution in [0.15, 0.2) is 29.0 Å². The third-order valence-corrected chi connectivity index (χ3v) is 3.11. The van der Waals surface area contributed by atoms with Crippen LogP contribution in [0.25, 0.3) is 11.0 Å². The summed E-state index contributed by atoms with van der Waals surface area (Å²) in [5.74, 6) is 0. The van der Waals surface area contributed by atoms with E-state index in [1.54, 1.807) is 0 Å². The van der Waals surface area contributed by atoms with Crippen LogP contribution in [0, 0.1) is 0 Å². The number of hydrogen-bond acceptors (Lipinski definition) is 1. The van der Waals surface area contributed by atoms with Gasteiger partial charge in [-0.1, -0.05) is 0 Å². The molecule has 2 aromatic rings. The van der Waals surface area contributed by atoms with E-state index in [9.17, 15) is 0 Å². The van der Waals surface area contributed by atoms with Gasteiger partial charge in [0.1, 0.15) is 5.65 Å². The molecule has 1 fully saturated rings. The van der Waals surface area contributed by atoms with Crippen LogP contribution in [0.5, 0.6) is 0 Å². The molecule has 2 heterocycles. The number of halogens is 1. The van der Waals surface area contributed by atoms with Crippen LogP contribution in [-0.4, -0.2) is 9.55 Å². The molecule has 13 heavy (non-hydrogen) atoms. The number of pyridine rings is 1. The SMILES string of the molecule is Brc1cn(C2CC2)c2ncccc12. The van der Waals surface area contributed by atoms with Crippen LogP contribution in [-0.2, 0) is 0 Å². The summed E-state index contributed by atoms with van der Waals surface area (Å²) >= 11 is 3.55. The zero-order valence-corrected chi connectivity index (χ0v) is 8.66. The van der Waals surface area contributed by atoms with Gasteiger partial charge in [0.2, 0.25) is 0 Å². The van der Waals surface area contributed by atoms with Gasteiger partial charge < -0.3 is 4.57 Å². The molecule has 1 aliphatic rings. The van der Waals surface area contributed by atoms with Gasteiger partial charge in [0.25, 0.3) is 0 Å². The minimum absolute atomic E-state index is 0.698. The van der Waals surface area contributed by atoms with Crippen molar-refractivity contribution in [2.24, 2.45) is 0 Å². The number of aromatic nitrogens is 2. The Morgan fingerprint density at radius 1 is 1.46 bits per heavy atom. The molecule has 0 amide bonds. The van der Waals surface area contributed by atoms with E-state index in [1.807, 2.05) is 12.3 Å². The Hall–Kier alpha value is -0.830. The molecule has 1 saturated carbocycles. The topological polar surface area (TPSA) is 17.8 Å². The predicted molar refractivity (Wildman–Crippen MR) is 55.7 cm³/mol. The third-order valence-electron chi connectivity index (χ3n) is 2.48. The molecule has 0 atom stereocenters. The van der Waals surface area contributed by atoms with Crippen molar-refractivity contribution in [2.75, 3.05) is 0 Å². The van der Waals surface area contributed by atoms with Gasteiger partial charge in [0.15, 0.2) is 0 Å². The lowest BCUT2D eigenvalue weighted by Crippen LogP contribution is -1.91. The van der Waals surface area contributed by atoms with Crippen LogP contribution in [0.4, 0.5) is 0 Å². The molecule has 0 unspecified atom stereocenters. The Bertz CT molecular complexity index is 457. The molecule has 66 valence electrons. The highest BCUT2D eigenvalue weighted by molar-refractivity contribution is 9.10. The normalized spacial score (nSPS) is 16.7. The van der Waals surface area contributed by atoms with Crippen molar-refractivity contribution in [3.8, 4) is 0 Å². The number of rotatable bonds is 1. The zero-order valence-electron chi connectivity index (χ0n) is 7.07. The highest BCUT2D eigenvalue weighted by Crippen LogP contribution is 2.39. The lowest BCUT2D eigenvalue weighted by Gasteiger charge is -1.99. The Balaban J connectivity index is 2.34. The van der Waals surface area contributed by atoms with E-state index in [0.717, 1.165) is 10.1 Å². The average Bonchev–Trinajstić information content (AvgIpc) is 2.94. The van der Waals surface area contributed by atoms with Crippen LogP contribution < -0.4 is 0 Å². The second-order valence-corrected chi connectivity index (χ2v) is 4.34. The Morgan fingerprint density at radius 3 is 3.08 bits per heavy atom. The molecule has 2 aromatic heterocycles. The van der Waals surface area contributed by atoms with Gasteiger partial charge in [0, 0.05) is 28.3 Å². The van der Waals surface area contributed by atoms with Gasteiger partial charge in [-0.3, -0.25) is 0 Å². The van der Waals surface area contributed by atoms with Crippen LogP contribution in [0.2, 0.25) is 0 Å². The zero-order chi connectivity index (χ0) is 8.84. The van der Waals surface area contributed by atoms with Crippen molar-refractivity contribution in [1.29, 1.82) is 0 Å². The van der Waals surface area contributed by atoms with Gasteiger partial charge in [-0.2, -0.15) is 0 Å². The molecule has 3 heteroatoms. The fourth-order valence-electron chi connectivity index (χ4n) is 1.67. The minimum atomic E-state index is 0.698. The smallest absolute Gasteiger partial charge is 0.141 e. The molecule has 0 spiro atoms. The molecule has 0 aliphatic heterocycles. The summed E-state index contributed by atoms with van der Waals surface area (Å²) in [6.07, 6.45) is 6.60. The summed E-state index contributed by atoms with van der Waals surface area (Å²) in [5, 5.41) is 1.22. The maximum absolute atomic E-state index is 4.40. The highest BCUT2D eigenvalue weighted by atomic mass is 79.9. The summed E-state index contributed by atoms with van der Waals surface area (Å²) in [7, 11) is 0. The van der Waals surface area contributed by atoms with E-state index in [2.05, 4.69) is 37.7 Å².